The van der Waals surface area contributed by atoms with Gasteiger partial charge in [-0.1, -0.05) is 42.5 Å². The Labute approximate surface area is 157 Å². The Morgan fingerprint density at radius 1 is 1.00 bits per heavy atom. The quantitative estimate of drug-likeness (QED) is 0.635. The highest BCUT2D eigenvalue weighted by molar-refractivity contribution is 5.94. The summed E-state index contributed by atoms with van der Waals surface area (Å²) in [6.07, 6.45) is 8.43. The minimum Gasteiger partial charge on any atom is -0.350 e. The molecule has 0 unspecified atom stereocenters. The highest BCUT2D eigenvalue weighted by atomic mass is 16.2. The fourth-order valence-electron chi connectivity index (χ4n) is 2.42. The van der Waals surface area contributed by atoms with Gasteiger partial charge in [-0.3, -0.25) is 9.59 Å². The zero-order chi connectivity index (χ0) is 18.9. The molecule has 2 aromatic carbocycles. The molecule has 0 aliphatic heterocycles. The average Bonchev–Trinajstić information content (AvgIpc) is 3.25. The lowest BCUT2D eigenvalue weighted by molar-refractivity contribution is -0.124. The molecule has 0 saturated heterocycles. The maximum Gasteiger partial charge on any atom is 0.244 e. The number of benzene rings is 2. The van der Waals surface area contributed by atoms with E-state index in [0.29, 0.717) is 6.54 Å². The molecule has 0 bridgehead atoms. The molecule has 0 aliphatic rings. The largest absolute Gasteiger partial charge is 0.350 e. The fourth-order valence-corrected chi connectivity index (χ4v) is 2.42. The second kappa shape index (κ2) is 9.15. The van der Waals surface area contributed by atoms with E-state index in [0.717, 1.165) is 16.8 Å². The van der Waals surface area contributed by atoms with Crippen molar-refractivity contribution in [3.8, 4) is 5.69 Å². The van der Waals surface area contributed by atoms with E-state index in [9.17, 15) is 9.59 Å². The SMILES string of the molecule is O=C(/C=C/c1ccccc1)NCC(=O)NCc1ccc(-n2ccnc2)cc1. The lowest BCUT2D eigenvalue weighted by Gasteiger charge is -2.07. The molecule has 6 heteroatoms. The van der Waals surface area contributed by atoms with Gasteiger partial charge in [0.1, 0.15) is 0 Å². The summed E-state index contributed by atoms with van der Waals surface area (Å²) in [5.41, 5.74) is 2.90. The molecule has 136 valence electrons. The maximum atomic E-state index is 11.9. The van der Waals surface area contributed by atoms with Crippen LogP contribution >= 0.6 is 0 Å². The molecule has 0 atom stereocenters. The first-order chi connectivity index (χ1) is 13.2. The molecular formula is C21H20N4O2. The second-order valence-electron chi connectivity index (χ2n) is 5.87. The molecule has 1 heterocycles. The van der Waals surface area contributed by atoms with Crippen molar-refractivity contribution in [2.75, 3.05) is 6.54 Å². The minimum absolute atomic E-state index is 0.0644. The summed E-state index contributed by atoms with van der Waals surface area (Å²) in [5.74, 6) is -0.547. The fraction of sp³-hybridized carbons (Fsp3) is 0.0952. The first-order valence-electron chi connectivity index (χ1n) is 8.55. The Morgan fingerprint density at radius 3 is 2.48 bits per heavy atom. The lowest BCUT2D eigenvalue weighted by Crippen LogP contribution is -2.35. The van der Waals surface area contributed by atoms with Gasteiger partial charge >= 0.3 is 0 Å². The van der Waals surface area contributed by atoms with Crippen LogP contribution in [0.4, 0.5) is 0 Å². The van der Waals surface area contributed by atoms with Crippen LogP contribution in [0.2, 0.25) is 0 Å². The van der Waals surface area contributed by atoms with Crippen molar-refractivity contribution in [1.29, 1.82) is 0 Å². The predicted octanol–water partition coefficient (Wildman–Crippen LogP) is 2.32. The monoisotopic (exact) mass is 360 g/mol. The second-order valence-corrected chi connectivity index (χ2v) is 5.87. The maximum absolute atomic E-state index is 11.9. The van der Waals surface area contributed by atoms with Gasteiger partial charge in [0, 0.05) is 30.7 Å². The molecule has 0 radical (unpaired) electrons. The predicted molar refractivity (Wildman–Crippen MR) is 104 cm³/mol. The van der Waals surface area contributed by atoms with E-state index in [1.807, 2.05) is 65.4 Å². The van der Waals surface area contributed by atoms with E-state index in [1.165, 1.54) is 6.08 Å². The third-order valence-corrected chi connectivity index (χ3v) is 3.88. The average molecular weight is 360 g/mol. The van der Waals surface area contributed by atoms with Crippen molar-refractivity contribution < 1.29 is 9.59 Å². The third-order valence-electron chi connectivity index (χ3n) is 3.88. The van der Waals surface area contributed by atoms with E-state index < -0.39 is 0 Å². The molecule has 2 amide bonds. The number of nitrogens with one attached hydrogen (secondary N) is 2. The van der Waals surface area contributed by atoms with Crippen LogP contribution < -0.4 is 10.6 Å². The van der Waals surface area contributed by atoms with Crippen molar-refractivity contribution in [2.45, 2.75) is 6.54 Å². The number of aromatic nitrogens is 2. The van der Waals surface area contributed by atoms with Gasteiger partial charge in [-0.05, 0) is 29.3 Å². The Morgan fingerprint density at radius 2 is 1.78 bits per heavy atom. The van der Waals surface area contributed by atoms with Gasteiger partial charge in [0.25, 0.3) is 0 Å². The Bertz CT molecular complexity index is 901. The Balaban J connectivity index is 1.40. The standard InChI is InChI=1S/C21H20N4O2/c26-20(11-8-17-4-2-1-3-5-17)24-15-21(27)23-14-18-6-9-19(10-7-18)25-13-12-22-16-25/h1-13,16H,14-15H2,(H,23,27)(H,24,26)/b11-8+. The summed E-state index contributed by atoms with van der Waals surface area (Å²) in [4.78, 5) is 27.7. The van der Waals surface area contributed by atoms with Gasteiger partial charge in [-0.15, -0.1) is 0 Å². The molecule has 3 aromatic rings. The first-order valence-corrected chi connectivity index (χ1v) is 8.55. The zero-order valence-electron chi connectivity index (χ0n) is 14.7. The van der Waals surface area contributed by atoms with Crippen molar-refractivity contribution in [2.24, 2.45) is 0 Å². The summed E-state index contributed by atoms with van der Waals surface area (Å²) in [5, 5.41) is 5.35. The highest BCUT2D eigenvalue weighted by Crippen LogP contribution is 2.09. The summed E-state index contributed by atoms with van der Waals surface area (Å²) < 4.78 is 1.90. The van der Waals surface area contributed by atoms with E-state index in [-0.39, 0.29) is 18.4 Å². The summed E-state index contributed by atoms with van der Waals surface area (Å²) in [7, 11) is 0. The van der Waals surface area contributed by atoms with E-state index in [1.54, 1.807) is 18.6 Å². The van der Waals surface area contributed by atoms with Gasteiger partial charge < -0.3 is 15.2 Å². The van der Waals surface area contributed by atoms with Gasteiger partial charge in [-0.25, -0.2) is 4.98 Å². The molecule has 6 nitrogen and oxygen atoms in total. The number of carbonyl (C=O) groups excluding carboxylic acids is 2. The number of nitrogens with zero attached hydrogens (tertiary/aromatic N) is 2. The van der Waals surface area contributed by atoms with E-state index in [2.05, 4.69) is 15.6 Å². The van der Waals surface area contributed by atoms with Gasteiger partial charge in [-0.2, -0.15) is 0 Å². The molecule has 0 saturated carbocycles. The number of amides is 2. The molecule has 3 rings (SSSR count). The topological polar surface area (TPSA) is 76.0 Å². The number of carbonyl (C=O) groups is 2. The van der Waals surface area contributed by atoms with Crippen molar-refractivity contribution in [3.05, 3.63) is 90.5 Å². The Hall–Kier alpha value is -3.67. The first kappa shape index (κ1) is 18.1. The van der Waals surface area contributed by atoms with Crippen molar-refractivity contribution >= 4 is 17.9 Å². The molecule has 1 aromatic heterocycles. The molecular weight excluding hydrogens is 340 g/mol. The number of rotatable bonds is 7. The summed E-state index contributed by atoms with van der Waals surface area (Å²) in [6, 6.07) is 17.3. The normalized spacial score (nSPS) is 10.7. The van der Waals surface area contributed by atoms with Crippen LogP contribution in [-0.4, -0.2) is 27.9 Å². The third kappa shape index (κ3) is 5.67. The number of imidazole rings is 1. The molecule has 2 N–H and O–H groups in total. The number of hydrogen-bond donors (Lipinski definition) is 2. The van der Waals surface area contributed by atoms with Gasteiger partial charge in [0.2, 0.25) is 11.8 Å². The highest BCUT2D eigenvalue weighted by Gasteiger charge is 2.03. The van der Waals surface area contributed by atoms with Crippen LogP contribution in [0.3, 0.4) is 0 Å². The molecule has 0 fully saturated rings. The van der Waals surface area contributed by atoms with Crippen LogP contribution in [0.15, 0.2) is 79.4 Å². The molecule has 27 heavy (non-hydrogen) atoms. The van der Waals surface area contributed by atoms with Gasteiger partial charge in [0.05, 0.1) is 12.9 Å². The lowest BCUT2D eigenvalue weighted by atomic mass is 10.2. The molecule has 0 aliphatic carbocycles. The summed E-state index contributed by atoms with van der Waals surface area (Å²) in [6.45, 7) is 0.337. The van der Waals surface area contributed by atoms with Crippen molar-refractivity contribution in [3.63, 3.8) is 0 Å². The van der Waals surface area contributed by atoms with Crippen molar-refractivity contribution in [1.82, 2.24) is 20.2 Å². The summed E-state index contributed by atoms with van der Waals surface area (Å²) >= 11 is 0. The van der Waals surface area contributed by atoms with E-state index >= 15 is 0 Å². The van der Waals surface area contributed by atoms with E-state index in [4.69, 9.17) is 0 Å². The molecule has 0 spiro atoms. The smallest absolute Gasteiger partial charge is 0.244 e. The van der Waals surface area contributed by atoms with Crippen LogP contribution in [0, 0.1) is 0 Å². The van der Waals surface area contributed by atoms with Crippen LogP contribution in [0.1, 0.15) is 11.1 Å². The zero-order valence-corrected chi connectivity index (χ0v) is 14.7. The minimum atomic E-state index is -0.307. The Kier molecular flexibility index (Phi) is 6.14. The van der Waals surface area contributed by atoms with Crippen LogP contribution in [0.5, 0.6) is 0 Å². The number of hydrogen-bond acceptors (Lipinski definition) is 3. The van der Waals surface area contributed by atoms with Gasteiger partial charge in [0.15, 0.2) is 0 Å². The van der Waals surface area contributed by atoms with Crippen LogP contribution in [0.25, 0.3) is 11.8 Å². The van der Waals surface area contributed by atoms with Crippen LogP contribution in [-0.2, 0) is 16.1 Å².